The summed E-state index contributed by atoms with van der Waals surface area (Å²) in [5.41, 5.74) is 7.23. The first-order chi connectivity index (χ1) is 9.43. The van der Waals surface area contributed by atoms with E-state index in [2.05, 4.69) is 4.90 Å². The maximum absolute atomic E-state index is 11.7. The maximum Gasteiger partial charge on any atom is 0.310 e. The highest BCUT2D eigenvalue weighted by molar-refractivity contribution is 7.80. The lowest BCUT2D eigenvalue weighted by molar-refractivity contribution is -0.145. The van der Waals surface area contributed by atoms with Crippen molar-refractivity contribution < 1.29 is 9.53 Å². The van der Waals surface area contributed by atoms with Gasteiger partial charge in [0.25, 0.3) is 0 Å². The number of halogens is 1. The van der Waals surface area contributed by atoms with E-state index in [9.17, 15) is 4.79 Å². The predicted molar refractivity (Wildman–Crippen MR) is 84.2 cm³/mol. The van der Waals surface area contributed by atoms with Gasteiger partial charge < -0.3 is 15.4 Å². The van der Waals surface area contributed by atoms with E-state index in [1.165, 1.54) is 7.11 Å². The molecule has 2 rings (SSSR count). The Balaban J connectivity index is 2.20. The van der Waals surface area contributed by atoms with E-state index < -0.39 is 0 Å². The quantitative estimate of drug-likeness (QED) is 0.685. The van der Waals surface area contributed by atoms with Gasteiger partial charge in [0.05, 0.1) is 18.1 Å². The van der Waals surface area contributed by atoms with E-state index in [1.54, 1.807) is 0 Å². The van der Waals surface area contributed by atoms with Gasteiger partial charge in [-0.3, -0.25) is 4.79 Å². The molecule has 4 nitrogen and oxygen atoms in total. The highest BCUT2D eigenvalue weighted by Gasteiger charge is 2.35. The number of anilines is 1. The third-order valence-corrected chi connectivity index (χ3v) is 4.23. The van der Waals surface area contributed by atoms with Gasteiger partial charge in [-0.2, -0.15) is 0 Å². The smallest absolute Gasteiger partial charge is 0.310 e. The van der Waals surface area contributed by atoms with Crippen LogP contribution in [0.25, 0.3) is 0 Å². The summed E-state index contributed by atoms with van der Waals surface area (Å²) in [6.45, 7) is 3.48. The van der Waals surface area contributed by atoms with E-state index >= 15 is 0 Å². The number of thiocarbonyl (C=S) groups is 1. The molecule has 0 bridgehead atoms. The molecule has 6 heteroatoms. The van der Waals surface area contributed by atoms with Gasteiger partial charge >= 0.3 is 5.97 Å². The second-order valence-corrected chi connectivity index (χ2v) is 5.89. The van der Waals surface area contributed by atoms with Gasteiger partial charge in [-0.1, -0.05) is 30.7 Å². The van der Waals surface area contributed by atoms with Crippen LogP contribution < -0.4 is 10.6 Å². The number of carbonyl (C=O) groups excluding carboxylic acids is 1. The number of nitrogens with two attached hydrogens (primary N) is 1. The molecule has 0 radical (unpaired) electrons. The highest BCUT2D eigenvalue weighted by Crippen LogP contribution is 2.31. The second-order valence-electron chi connectivity index (χ2n) is 5.04. The third-order valence-electron chi connectivity index (χ3n) is 3.70. The summed E-state index contributed by atoms with van der Waals surface area (Å²) in [6, 6.07) is 5.57. The highest BCUT2D eigenvalue weighted by atomic mass is 35.5. The topological polar surface area (TPSA) is 55.6 Å². The van der Waals surface area contributed by atoms with E-state index in [1.807, 2.05) is 25.1 Å². The lowest BCUT2D eigenvalue weighted by atomic mass is 9.99. The van der Waals surface area contributed by atoms with Crippen molar-refractivity contribution in [2.75, 3.05) is 25.1 Å². The van der Waals surface area contributed by atoms with Gasteiger partial charge in [-0.05, 0) is 24.1 Å². The Morgan fingerprint density at radius 1 is 1.50 bits per heavy atom. The fourth-order valence-corrected chi connectivity index (χ4v) is 3.05. The number of benzene rings is 1. The molecule has 0 saturated carbocycles. The molecule has 20 heavy (non-hydrogen) atoms. The van der Waals surface area contributed by atoms with Crippen LogP contribution in [0.4, 0.5) is 5.69 Å². The van der Waals surface area contributed by atoms with Crippen LogP contribution in [-0.4, -0.2) is 31.2 Å². The molecule has 2 N–H and O–H groups in total. The van der Waals surface area contributed by atoms with Crippen molar-refractivity contribution in [3.63, 3.8) is 0 Å². The van der Waals surface area contributed by atoms with Crippen LogP contribution in [0, 0.1) is 11.8 Å². The fraction of sp³-hybridized carbons (Fsp3) is 0.429. The van der Waals surface area contributed by atoms with E-state index in [-0.39, 0.29) is 22.8 Å². The molecule has 108 valence electrons. The monoisotopic (exact) mass is 312 g/mol. The number of nitrogens with zero attached hydrogens (tertiary/aromatic N) is 1. The lowest BCUT2D eigenvalue weighted by Gasteiger charge is -2.19. The minimum atomic E-state index is -0.161. The summed E-state index contributed by atoms with van der Waals surface area (Å²) in [5.74, 6) is -0.0172. The first-order valence-electron chi connectivity index (χ1n) is 6.36. The standard InChI is InChI=1S/C14H17ClN2O2S/c1-8-6-17(7-11(8)14(18)19-2)9-3-4-10(13(16)20)12(15)5-9/h3-5,8,11H,6-7H2,1-2H3,(H2,16,20). The molecule has 1 aromatic carbocycles. The van der Waals surface area contributed by atoms with E-state index in [0.717, 1.165) is 12.2 Å². The van der Waals surface area contributed by atoms with Crippen molar-refractivity contribution in [2.24, 2.45) is 17.6 Å². The van der Waals surface area contributed by atoms with Gasteiger partial charge in [0.15, 0.2) is 0 Å². The lowest BCUT2D eigenvalue weighted by Crippen LogP contribution is -2.24. The Labute approximate surface area is 128 Å². The van der Waals surface area contributed by atoms with Crippen molar-refractivity contribution in [1.29, 1.82) is 0 Å². The zero-order valence-corrected chi connectivity index (χ0v) is 13.0. The molecule has 0 amide bonds. The van der Waals surface area contributed by atoms with E-state index in [0.29, 0.717) is 17.1 Å². The second kappa shape index (κ2) is 5.97. The van der Waals surface area contributed by atoms with Gasteiger partial charge in [0.1, 0.15) is 4.99 Å². The minimum absolute atomic E-state index is 0.103. The normalized spacial score (nSPS) is 21.9. The van der Waals surface area contributed by atoms with Gasteiger partial charge in [-0.25, -0.2) is 0 Å². The van der Waals surface area contributed by atoms with Gasteiger partial charge in [0, 0.05) is 24.3 Å². The first kappa shape index (κ1) is 15.1. The summed E-state index contributed by atoms with van der Waals surface area (Å²) in [7, 11) is 1.42. The van der Waals surface area contributed by atoms with Gasteiger partial charge in [-0.15, -0.1) is 0 Å². The third kappa shape index (κ3) is 2.88. The molecule has 1 aliphatic heterocycles. The minimum Gasteiger partial charge on any atom is -0.469 e. The van der Waals surface area contributed by atoms with Gasteiger partial charge in [0.2, 0.25) is 0 Å². The van der Waals surface area contributed by atoms with Crippen LogP contribution in [0.3, 0.4) is 0 Å². The molecule has 1 aromatic rings. The summed E-state index contributed by atoms with van der Waals surface area (Å²) in [4.78, 5) is 14.1. The Morgan fingerprint density at radius 3 is 2.75 bits per heavy atom. The summed E-state index contributed by atoms with van der Waals surface area (Å²) >= 11 is 11.1. The van der Waals surface area contributed by atoms with Crippen molar-refractivity contribution in [1.82, 2.24) is 0 Å². The first-order valence-corrected chi connectivity index (χ1v) is 7.14. The van der Waals surface area contributed by atoms with Crippen molar-refractivity contribution in [3.05, 3.63) is 28.8 Å². The zero-order valence-electron chi connectivity index (χ0n) is 11.4. The predicted octanol–water partition coefficient (Wildman–Crippen LogP) is 2.22. The number of hydrogen-bond acceptors (Lipinski definition) is 4. The molecule has 0 aliphatic carbocycles. The van der Waals surface area contributed by atoms with Crippen molar-refractivity contribution in [3.8, 4) is 0 Å². The molecule has 2 atom stereocenters. The average Bonchev–Trinajstić information content (AvgIpc) is 2.79. The average molecular weight is 313 g/mol. The molecular weight excluding hydrogens is 296 g/mol. The van der Waals surface area contributed by atoms with Crippen LogP contribution >= 0.6 is 23.8 Å². The van der Waals surface area contributed by atoms with Crippen LogP contribution in [0.15, 0.2) is 18.2 Å². The summed E-state index contributed by atoms with van der Waals surface area (Å²) < 4.78 is 4.84. The Hall–Kier alpha value is -1.33. The molecule has 0 spiro atoms. The molecule has 1 fully saturated rings. The van der Waals surface area contributed by atoms with E-state index in [4.69, 9.17) is 34.3 Å². The SMILES string of the molecule is COC(=O)C1CN(c2ccc(C(N)=S)c(Cl)c2)CC1C. The van der Waals surface area contributed by atoms with Crippen LogP contribution in [0.2, 0.25) is 5.02 Å². The molecule has 1 heterocycles. The summed E-state index contributed by atoms with van der Waals surface area (Å²) in [5, 5.41) is 0.532. The number of ether oxygens (including phenoxy) is 1. The fourth-order valence-electron chi connectivity index (χ4n) is 2.54. The molecule has 0 aromatic heterocycles. The number of hydrogen-bond donors (Lipinski definition) is 1. The number of esters is 1. The molecular formula is C14H17ClN2O2S. The number of carbonyl (C=O) groups is 1. The zero-order chi connectivity index (χ0) is 14.9. The van der Waals surface area contributed by atoms with Crippen LogP contribution in [-0.2, 0) is 9.53 Å². The molecule has 1 saturated heterocycles. The summed E-state index contributed by atoms with van der Waals surface area (Å²) in [6.07, 6.45) is 0. The molecule has 2 unspecified atom stereocenters. The molecule has 1 aliphatic rings. The van der Waals surface area contributed by atoms with Crippen molar-refractivity contribution >= 4 is 40.5 Å². The Kier molecular flexibility index (Phi) is 4.50. The van der Waals surface area contributed by atoms with Crippen molar-refractivity contribution in [2.45, 2.75) is 6.92 Å². The maximum atomic E-state index is 11.7. The van der Waals surface area contributed by atoms with Crippen LogP contribution in [0.1, 0.15) is 12.5 Å². The largest absolute Gasteiger partial charge is 0.469 e. The van der Waals surface area contributed by atoms with Crippen LogP contribution in [0.5, 0.6) is 0 Å². The Morgan fingerprint density at radius 2 is 2.20 bits per heavy atom. The Bertz CT molecular complexity index is 550. The number of methoxy groups -OCH3 is 1. The number of rotatable bonds is 3.